The van der Waals surface area contributed by atoms with Gasteiger partial charge in [-0.05, 0) is 55.7 Å². The maximum atomic E-state index is 13.1. The number of nitrogens with one attached hydrogen (secondary N) is 3. The summed E-state index contributed by atoms with van der Waals surface area (Å²) in [7, 11) is 0. The number of aryl methyl sites for hydroxylation is 1. The number of rotatable bonds is 8. The monoisotopic (exact) mass is 474 g/mol. The minimum absolute atomic E-state index is 0.0674. The van der Waals surface area contributed by atoms with Gasteiger partial charge in [0.15, 0.2) is 5.69 Å². The van der Waals surface area contributed by atoms with Crippen LogP contribution in [0.15, 0.2) is 54.9 Å². The van der Waals surface area contributed by atoms with E-state index in [1.165, 1.54) is 18.3 Å². The minimum Gasteiger partial charge on any atom is -0.350 e. The highest BCUT2D eigenvalue weighted by Gasteiger charge is 2.18. The summed E-state index contributed by atoms with van der Waals surface area (Å²) in [6, 6.07) is 13.3. The van der Waals surface area contributed by atoms with Gasteiger partial charge in [-0.25, -0.2) is 9.97 Å². The molecule has 0 aliphatic rings. The molecule has 8 nitrogen and oxygen atoms in total. The predicted octanol–water partition coefficient (Wildman–Crippen LogP) is 4.50. The normalized spacial score (nSPS) is 11.7. The Morgan fingerprint density at radius 1 is 1.12 bits per heavy atom. The summed E-state index contributed by atoms with van der Waals surface area (Å²) in [6.45, 7) is 5.93. The van der Waals surface area contributed by atoms with Gasteiger partial charge in [-0.3, -0.25) is 14.6 Å². The second kappa shape index (κ2) is 10.4. The first kappa shape index (κ1) is 23.3. The van der Waals surface area contributed by atoms with Crippen LogP contribution >= 0.6 is 11.3 Å². The zero-order chi connectivity index (χ0) is 24.1. The molecule has 1 unspecified atom stereocenters. The van der Waals surface area contributed by atoms with Crippen LogP contribution in [0.3, 0.4) is 0 Å². The Morgan fingerprint density at radius 3 is 2.62 bits per heavy atom. The van der Waals surface area contributed by atoms with E-state index in [0.717, 1.165) is 31.9 Å². The highest BCUT2D eigenvalue weighted by atomic mass is 32.1. The van der Waals surface area contributed by atoms with Crippen LogP contribution in [0.4, 0.5) is 11.6 Å². The van der Waals surface area contributed by atoms with Crippen LogP contribution in [0.5, 0.6) is 0 Å². The van der Waals surface area contributed by atoms with Crippen LogP contribution in [0.25, 0.3) is 10.2 Å². The summed E-state index contributed by atoms with van der Waals surface area (Å²) in [4.78, 5) is 38.6. The van der Waals surface area contributed by atoms with Crippen molar-refractivity contribution in [2.75, 3.05) is 17.2 Å². The lowest BCUT2D eigenvalue weighted by Gasteiger charge is -2.14. The number of benzene rings is 1. The van der Waals surface area contributed by atoms with Crippen molar-refractivity contribution in [3.8, 4) is 0 Å². The number of anilines is 2. The number of thiophene rings is 1. The van der Waals surface area contributed by atoms with E-state index in [0.29, 0.717) is 24.6 Å². The van der Waals surface area contributed by atoms with E-state index in [2.05, 4.69) is 30.9 Å². The quantitative estimate of drug-likeness (QED) is 0.347. The number of amides is 2. The van der Waals surface area contributed by atoms with Crippen molar-refractivity contribution in [1.82, 2.24) is 20.3 Å². The standard InChI is InChI=1S/C25H26N6O2S/c1-15-13-21-23(34-15)22(31-25(30-21)28-16(2)19-5-4-11-26-14-19)24(33)27-12-10-18-6-8-20(9-7-18)29-17(3)32/h4-9,11,13-14,16H,10,12H2,1-3H3,(H,27,33)(H,29,32)(H,28,30,31). The highest BCUT2D eigenvalue weighted by molar-refractivity contribution is 7.19. The molecule has 2 amide bonds. The van der Waals surface area contributed by atoms with Gasteiger partial charge in [0, 0.05) is 36.4 Å². The summed E-state index contributed by atoms with van der Waals surface area (Å²) < 4.78 is 0.772. The summed E-state index contributed by atoms with van der Waals surface area (Å²) in [6.07, 6.45) is 4.18. The summed E-state index contributed by atoms with van der Waals surface area (Å²) in [5, 5.41) is 9.01. The number of carbonyl (C=O) groups excluding carboxylic acids is 2. The van der Waals surface area contributed by atoms with Crippen molar-refractivity contribution in [2.24, 2.45) is 0 Å². The number of carbonyl (C=O) groups is 2. The lowest BCUT2D eigenvalue weighted by molar-refractivity contribution is -0.114. The number of pyridine rings is 1. The Kier molecular flexibility index (Phi) is 7.12. The van der Waals surface area contributed by atoms with Crippen LogP contribution in [-0.2, 0) is 11.2 Å². The molecule has 0 saturated heterocycles. The van der Waals surface area contributed by atoms with Crippen LogP contribution in [-0.4, -0.2) is 33.3 Å². The highest BCUT2D eigenvalue weighted by Crippen LogP contribution is 2.28. The molecule has 3 N–H and O–H groups in total. The minimum atomic E-state index is -0.235. The van der Waals surface area contributed by atoms with Crippen LogP contribution in [0, 0.1) is 6.92 Å². The summed E-state index contributed by atoms with van der Waals surface area (Å²) in [5.74, 6) is 0.0604. The molecule has 9 heteroatoms. The van der Waals surface area contributed by atoms with Gasteiger partial charge in [-0.15, -0.1) is 11.3 Å². The van der Waals surface area contributed by atoms with E-state index in [9.17, 15) is 9.59 Å². The van der Waals surface area contributed by atoms with Crippen LogP contribution in [0.1, 0.15) is 46.4 Å². The fourth-order valence-corrected chi connectivity index (χ4v) is 4.48. The third-order valence-corrected chi connectivity index (χ3v) is 6.26. The van der Waals surface area contributed by atoms with E-state index >= 15 is 0 Å². The van der Waals surface area contributed by atoms with Gasteiger partial charge in [0.25, 0.3) is 5.91 Å². The van der Waals surface area contributed by atoms with Gasteiger partial charge in [0.05, 0.1) is 16.3 Å². The number of hydrogen-bond donors (Lipinski definition) is 3. The molecule has 1 atom stereocenters. The number of nitrogens with zero attached hydrogens (tertiary/aromatic N) is 3. The van der Waals surface area contributed by atoms with Gasteiger partial charge < -0.3 is 16.0 Å². The van der Waals surface area contributed by atoms with Crippen molar-refractivity contribution in [2.45, 2.75) is 33.2 Å². The van der Waals surface area contributed by atoms with E-state index in [1.54, 1.807) is 12.4 Å². The Balaban J connectivity index is 1.46. The average Bonchev–Trinajstić information content (AvgIpc) is 3.19. The number of hydrogen-bond acceptors (Lipinski definition) is 7. The number of aromatic nitrogens is 3. The molecule has 1 aromatic carbocycles. The third-order valence-electron chi connectivity index (χ3n) is 5.21. The molecule has 0 spiro atoms. The van der Waals surface area contributed by atoms with E-state index in [4.69, 9.17) is 0 Å². The van der Waals surface area contributed by atoms with Gasteiger partial charge in [0.1, 0.15) is 0 Å². The molecule has 3 aromatic heterocycles. The Bertz CT molecular complexity index is 1300. The zero-order valence-corrected chi connectivity index (χ0v) is 20.1. The zero-order valence-electron chi connectivity index (χ0n) is 19.3. The number of fused-ring (bicyclic) bond motifs is 1. The predicted molar refractivity (Wildman–Crippen MR) is 135 cm³/mol. The molecule has 0 bridgehead atoms. The van der Waals surface area contributed by atoms with Gasteiger partial charge >= 0.3 is 0 Å². The lowest BCUT2D eigenvalue weighted by Crippen LogP contribution is -2.27. The van der Waals surface area contributed by atoms with Gasteiger partial charge in [-0.1, -0.05) is 18.2 Å². The van der Waals surface area contributed by atoms with E-state index in [1.807, 2.05) is 56.3 Å². The van der Waals surface area contributed by atoms with Crippen molar-refractivity contribution in [1.29, 1.82) is 0 Å². The molecule has 34 heavy (non-hydrogen) atoms. The second-order valence-electron chi connectivity index (χ2n) is 8.00. The lowest BCUT2D eigenvalue weighted by atomic mass is 10.1. The van der Waals surface area contributed by atoms with Gasteiger partial charge in [0.2, 0.25) is 11.9 Å². The average molecular weight is 475 g/mol. The largest absolute Gasteiger partial charge is 0.350 e. The Morgan fingerprint density at radius 2 is 1.91 bits per heavy atom. The molecular weight excluding hydrogens is 448 g/mol. The Hall–Kier alpha value is -3.85. The third kappa shape index (κ3) is 5.74. The SMILES string of the molecule is CC(=O)Nc1ccc(CCNC(=O)c2nc(NC(C)c3cccnc3)nc3cc(C)sc23)cc1. The first-order valence-electron chi connectivity index (χ1n) is 11.0. The smallest absolute Gasteiger partial charge is 0.271 e. The summed E-state index contributed by atoms with van der Waals surface area (Å²) in [5.41, 5.74) is 3.92. The van der Waals surface area contributed by atoms with Crippen molar-refractivity contribution < 1.29 is 9.59 Å². The molecule has 174 valence electrons. The first-order valence-corrected chi connectivity index (χ1v) is 11.8. The fourth-order valence-electron chi connectivity index (χ4n) is 3.54. The van der Waals surface area contributed by atoms with Crippen LogP contribution in [0.2, 0.25) is 0 Å². The van der Waals surface area contributed by atoms with Crippen molar-refractivity contribution >= 4 is 45.0 Å². The van der Waals surface area contributed by atoms with Crippen molar-refractivity contribution in [3.05, 3.63) is 76.6 Å². The molecule has 0 fully saturated rings. The Labute approximate surface area is 201 Å². The first-order chi connectivity index (χ1) is 16.4. The molecule has 4 aromatic rings. The van der Waals surface area contributed by atoms with E-state index < -0.39 is 0 Å². The molecule has 0 saturated carbocycles. The topological polar surface area (TPSA) is 109 Å². The summed E-state index contributed by atoms with van der Waals surface area (Å²) >= 11 is 1.51. The van der Waals surface area contributed by atoms with Crippen molar-refractivity contribution in [3.63, 3.8) is 0 Å². The molecule has 0 aliphatic heterocycles. The molecule has 3 heterocycles. The fraction of sp³-hybridized carbons (Fsp3) is 0.240. The molecule has 0 aliphatic carbocycles. The van der Waals surface area contributed by atoms with Gasteiger partial charge in [-0.2, -0.15) is 0 Å². The second-order valence-corrected chi connectivity index (χ2v) is 9.26. The van der Waals surface area contributed by atoms with Crippen LogP contribution < -0.4 is 16.0 Å². The molecule has 0 radical (unpaired) electrons. The maximum Gasteiger partial charge on any atom is 0.271 e. The molecule has 4 rings (SSSR count). The van der Waals surface area contributed by atoms with E-state index in [-0.39, 0.29) is 17.9 Å². The molecular formula is C25H26N6O2S. The maximum absolute atomic E-state index is 13.1.